The Hall–Kier alpha value is -2.09. The molecule has 2 aromatic heterocycles. The summed E-state index contributed by atoms with van der Waals surface area (Å²) in [7, 11) is 1.66. The molecule has 0 spiro atoms. The van der Waals surface area contributed by atoms with Crippen LogP contribution in [0.25, 0.3) is 0 Å². The number of aromatic nitrogens is 3. The van der Waals surface area contributed by atoms with Gasteiger partial charge in [-0.2, -0.15) is 13.2 Å². The fourth-order valence-electron chi connectivity index (χ4n) is 3.02. The molecule has 0 bridgehead atoms. The molecule has 0 N–H and O–H groups in total. The Morgan fingerprint density at radius 1 is 1.48 bits per heavy atom. The molecule has 134 valence electrons. The Kier molecular flexibility index (Phi) is 4.73. The molecule has 1 amide bonds. The fraction of sp³-hybridized carbons (Fsp3) is 0.438. The Morgan fingerprint density at radius 2 is 2.24 bits per heavy atom. The van der Waals surface area contributed by atoms with Crippen molar-refractivity contribution in [3.8, 4) is 0 Å². The number of fused-ring (bicyclic) bond motifs is 1. The van der Waals surface area contributed by atoms with E-state index in [0.717, 1.165) is 6.20 Å². The van der Waals surface area contributed by atoms with E-state index in [1.54, 1.807) is 18.0 Å². The number of carbonyl (C=O) groups excluding carboxylic acids is 1. The number of alkyl halides is 3. The number of hydrogen-bond donors (Lipinski definition) is 0. The molecule has 3 heterocycles. The van der Waals surface area contributed by atoms with Crippen LogP contribution < -0.4 is 0 Å². The molecule has 0 saturated carbocycles. The molecule has 5 nitrogen and oxygen atoms in total. The van der Waals surface area contributed by atoms with Crippen molar-refractivity contribution in [2.75, 3.05) is 13.6 Å². The minimum absolute atomic E-state index is 0.0531. The number of pyridine rings is 1. The molecule has 2 aromatic rings. The van der Waals surface area contributed by atoms with Gasteiger partial charge in [0.05, 0.1) is 10.6 Å². The van der Waals surface area contributed by atoms with Gasteiger partial charge in [0, 0.05) is 45.1 Å². The van der Waals surface area contributed by atoms with Crippen molar-refractivity contribution in [3.05, 3.63) is 46.8 Å². The Labute approximate surface area is 147 Å². The van der Waals surface area contributed by atoms with E-state index in [-0.39, 0.29) is 16.8 Å². The van der Waals surface area contributed by atoms with Crippen molar-refractivity contribution in [1.29, 1.82) is 0 Å². The third-order valence-corrected chi connectivity index (χ3v) is 4.56. The Bertz CT molecular complexity index is 790. The van der Waals surface area contributed by atoms with E-state index in [2.05, 4.69) is 9.97 Å². The lowest BCUT2D eigenvalue weighted by Gasteiger charge is -2.28. The second-order valence-corrected chi connectivity index (χ2v) is 6.55. The van der Waals surface area contributed by atoms with Crippen LogP contribution in [0.3, 0.4) is 0 Å². The topological polar surface area (TPSA) is 51.0 Å². The molecule has 0 aliphatic carbocycles. The van der Waals surface area contributed by atoms with Gasteiger partial charge in [-0.1, -0.05) is 11.6 Å². The average Bonchev–Trinajstić information content (AvgIpc) is 2.98. The van der Waals surface area contributed by atoms with Crippen LogP contribution in [0.4, 0.5) is 13.2 Å². The van der Waals surface area contributed by atoms with Crippen LogP contribution in [0, 0.1) is 5.92 Å². The van der Waals surface area contributed by atoms with Crippen molar-refractivity contribution >= 4 is 17.5 Å². The first-order valence-corrected chi connectivity index (χ1v) is 8.11. The molecule has 0 aromatic carbocycles. The number of nitrogens with zero attached hydrogens (tertiary/aromatic N) is 4. The summed E-state index contributed by atoms with van der Waals surface area (Å²) in [6.45, 7) is 0.830. The molecular weight excluding hydrogens is 357 g/mol. The maximum atomic E-state index is 12.8. The minimum atomic E-state index is -4.44. The smallest absolute Gasteiger partial charge is 0.341 e. The minimum Gasteiger partial charge on any atom is -0.341 e. The van der Waals surface area contributed by atoms with Gasteiger partial charge in [0.1, 0.15) is 5.82 Å². The summed E-state index contributed by atoms with van der Waals surface area (Å²) >= 11 is 5.99. The highest BCUT2D eigenvalue weighted by Crippen LogP contribution is 2.31. The van der Waals surface area contributed by atoms with Gasteiger partial charge in [-0.15, -0.1) is 0 Å². The molecule has 0 saturated heterocycles. The van der Waals surface area contributed by atoms with Crippen molar-refractivity contribution in [1.82, 2.24) is 19.4 Å². The predicted molar refractivity (Wildman–Crippen MR) is 85.2 cm³/mol. The molecule has 0 unspecified atom stereocenters. The van der Waals surface area contributed by atoms with Gasteiger partial charge in [0.25, 0.3) is 5.91 Å². The molecule has 25 heavy (non-hydrogen) atoms. The van der Waals surface area contributed by atoms with Gasteiger partial charge >= 0.3 is 6.18 Å². The third kappa shape index (κ3) is 3.78. The van der Waals surface area contributed by atoms with E-state index in [4.69, 9.17) is 11.6 Å². The van der Waals surface area contributed by atoms with Gasteiger partial charge < -0.3 is 9.47 Å². The maximum absolute atomic E-state index is 12.8. The summed E-state index contributed by atoms with van der Waals surface area (Å²) in [5.74, 6) is 0.256. The highest BCUT2D eigenvalue weighted by molar-refractivity contribution is 6.33. The molecule has 1 atom stereocenters. The standard InChI is InChI=1S/C16H16ClF3N4O/c1-23(15(25)11-4-5-21-6-12(11)17)7-10-2-3-14-22-13(16(18,19)20)9-24(14)8-10/h4-6,9-10H,2-3,7-8H2,1H3/t10-/m0/s1. The summed E-state index contributed by atoms with van der Waals surface area (Å²) in [6.07, 6.45) is 0.631. The van der Waals surface area contributed by atoms with Crippen LogP contribution in [0.2, 0.25) is 5.02 Å². The maximum Gasteiger partial charge on any atom is 0.434 e. The zero-order valence-electron chi connectivity index (χ0n) is 13.4. The van der Waals surface area contributed by atoms with Crippen molar-refractivity contribution in [3.63, 3.8) is 0 Å². The monoisotopic (exact) mass is 372 g/mol. The number of aryl methyl sites for hydroxylation is 1. The fourth-order valence-corrected chi connectivity index (χ4v) is 3.22. The summed E-state index contributed by atoms with van der Waals surface area (Å²) in [5.41, 5.74) is -0.506. The molecular formula is C16H16ClF3N4O. The third-order valence-electron chi connectivity index (χ3n) is 4.26. The predicted octanol–water partition coefficient (Wildman–Crippen LogP) is 3.28. The highest BCUT2D eigenvalue weighted by atomic mass is 35.5. The molecule has 0 fully saturated rings. The van der Waals surface area contributed by atoms with Crippen LogP contribution in [0.1, 0.15) is 28.3 Å². The number of rotatable bonds is 3. The lowest BCUT2D eigenvalue weighted by molar-refractivity contribution is -0.141. The largest absolute Gasteiger partial charge is 0.434 e. The average molecular weight is 373 g/mol. The number of halogens is 4. The van der Waals surface area contributed by atoms with Crippen LogP contribution >= 0.6 is 11.6 Å². The van der Waals surface area contributed by atoms with Crippen LogP contribution in [0.5, 0.6) is 0 Å². The summed E-state index contributed by atoms with van der Waals surface area (Å²) < 4.78 is 39.8. The number of imidazole rings is 1. The number of amides is 1. The first kappa shape index (κ1) is 17.7. The van der Waals surface area contributed by atoms with Crippen LogP contribution in [-0.4, -0.2) is 38.9 Å². The van der Waals surface area contributed by atoms with Gasteiger partial charge in [0.15, 0.2) is 5.69 Å². The summed E-state index contributed by atoms with van der Waals surface area (Å²) in [4.78, 5) is 21.5. The first-order valence-electron chi connectivity index (χ1n) is 7.74. The molecule has 1 aliphatic rings. The van der Waals surface area contributed by atoms with E-state index in [1.807, 2.05) is 0 Å². The van der Waals surface area contributed by atoms with Crippen molar-refractivity contribution in [2.45, 2.75) is 25.6 Å². The summed E-state index contributed by atoms with van der Waals surface area (Å²) in [5, 5.41) is 0.273. The van der Waals surface area contributed by atoms with E-state index >= 15 is 0 Å². The number of carbonyl (C=O) groups is 1. The second-order valence-electron chi connectivity index (χ2n) is 6.14. The lowest BCUT2D eigenvalue weighted by Crippen LogP contribution is -2.35. The van der Waals surface area contributed by atoms with E-state index in [0.29, 0.717) is 37.3 Å². The molecule has 0 radical (unpaired) electrons. The Morgan fingerprint density at radius 3 is 2.92 bits per heavy atom. The zero-order chi connectivity index (χ0) is 18.2. The SMILES string of the molecule is CN(C[C@@H]1CCc2nc(C(F)(F)F)cn2C1)C(=O)c1ccncc1Cl. The van der Waals surface area contributed by atoms with Gasteiger partial charge in [-0.3, -0.25) is 9.78 Å². The normalized spacial score (nSPS) is 17.2. The summed E-state index contributed by atoms with van der Waals surface area (Å²) in [6, 6.07) is 1.55. The van der Waals surface area contributed by atoms with Crippen LogP contribution in [0.15, 0.2) is 24.7 Å². The second kappa shape index (κ2) is 6.67. The van der Waals surface area contributed by atoms with Gasteiger partial charge in [-0.05, 0) is 18.4 Å². The highest BCUT2D eigenvalue weighted by Gasteiger charge is 2.36. The van der Waals surface area contributed by atoms with Crippen molar-refractivity contribution in [2.24, 2.45) is 5.92 Å². The quantitative estimate of drug-likeness (QED) is 0.830. The number of hydrogen-bond acceptors (Lipinski definition) is 3. The van der Waals surface area contributed by atoms with Crippen molar-refractivity contribution < 1.29 is 18.0 Å². The zero-order valence-corrected chi connectivity index (χ0v) is 14.2. The van der Waals surface area contributed by atoms with Gasteiger partial charge in [-0.25, -0.2) is 4.98 Å². The van der Waals surface area contributed by atoms with Gasteiger partial charge in [0.2, 0.25) is 0 Å². The molecule has 3 rings (SSSR count). The molecule has 9 heteroatoms. The lowest BCUT2D eigenvalue weighted by atomic mass is 9.98. The Balaban J connectivity index is 1.67. The molecule has 1 aliphatic heterocycles. The first-order chi connectivity index (χ1) is 11.8. The van der Waals surface area contributed by atoms with Crippen LogP contribution in [-0.2, 0) is 19.1 Å². The van der Waals surface area contributed by atoms with E-state index in [9.17, 15) is 18.0 Å². The van der Waals surface area contributed by atoms with E-state index in [1.165, 1.54) is 17.0 Å². The van der Waals surface area contributed by atoms with E-state index < -0.39 is 11.9 Å².